The summed E-state index contributed by atoms with van der Waals surface area (Å²) in [5, 5.41) is 18.2. The lowest BCUT2D eigenvalue weighted by molar-refractivity contribution is 0.122. The van der Waals surface area contributed by atoms with Gasteiger partial charge >= 0.3 is 0 Å². The van der Waals surface area contributed by atoms with E-state index in [1.54, 1.807) is 0 Å². The molecule has 1 fully saturated rings. The normalized spacial score (nSPS) is 17.8. The average Bonchev–Trinajstić information content (AvgIpc) is 2.67. The Labute approximate surface area is 80.0 Å². The third kappa shape index (κ3) is 1.96. The summed E-state index contributed by atoms with van der Waals surface area (Å²) in [7, 11) is 0. The van der Waals surface area contributed by atoms with Gasteiger partial charge in [0.05, 0.1) is 19.8 Å². The summed E-state index contributed by atoms with van der Waals surface area (Å²) in [4.78, 5) is 2.13. The summed E-state index contributed by atoms with van der Waals surface area (Å²) in [6, 6.07) is 0. The van der Waals surface area contributed by atoms with E-state index >= 15 is 0 Å². The number of anilines is 1. The van der Waals surface area contributed by atoms with Crippen molar-refractivity contribution in [1.29, 1.82) is 0 Å². The Kier molecular flexibility index (Phi) is 2.72. The first-order valence-corrected chi connectivity index (χ1v) is 4.98. The number of aliphatic hydroxyl groups is 1. The molecule has 0 radical (unpaired) electrons. The molecule has 1 aliphatic heterocycles. The van der Waals surface area contributed by atoms with Crippen LogP contribution in [0.5, 0.6) is 0 Å². The van der Waals surface area contributed by atoms with Gasteiger partial charge in [0.1, 0.15) is 5.01 Å². The van der Waals surface area contributed by atoms with Gasteiger partial charge < -0.3 is 14.7 Å². The van der Waals surface area contributed by atoms with Crippen LogP contribution >= 0.6 is 11.3 Å². The summed E-state index contributed by atoms with van der Waals surface area (Å²) < 4.78 is 5.22. The van der Waals surface area contributed by atoms with Crippen LogP contribution in [0.1, 0.15) is 5.01 Å². The lowest BCUT2D eigenvalue weighted by Gasteiger charge is -2.25. The third-order valence-electron chi connectivity index (χ3n) is 1.87. The van der Waals surface area contributed by atoms with Crippen molar-refractivity contribution < 1.29 is 9.84 Å². The van der Waals surface area contributed by atoms with Crippen LogP contribution in [0.3, 0.4) is 0 Å². The highest BCUT2D eigenvalue weighted by molar-refractivity contribution is 7.15. The van der Waals surface area contributed by atoms with Crippen LogP contribution in [-0.2, 0) is 11.3 Å². The van der Waals surface area contributed by atoms with Crippen molar-refractivity contribution in [2.45, 2.75) is 6.61 Å². The summed E-state index contributed by atoms with van der Waals surface area (Å²) in [5.41, 5.74) is 0. The molecule has 2 rings (SSSR count). The van der Waals surface area contributed by atoms with Crippen LogP contribution in [0.25, 0.3) is 0 Å². The van der Waals surface area contributed by atoms with E-state index in [9.17, 15) is 0 Å². The van der Waals surface area contributed by atoms with Crippen LogP contribution < -0.4 is 4.90 Å². The molecule has 0 aromatic carbocycles. The van der Waals surface area contributed by atoms with E-state index in [1.807, 2.05) is 0 Å². The van der Waals surface area contributed by atoms with E-state index in [-0.39, 0.29) is 6.61 Å². The van der Waals surface area contributed by atoms with E-state index in [1.165, 1.54) is 11.3 Å². The second-order valence-electron chi connectivity index (χ2n) is 2.74. The largest absolute Gasteiger partial charge is 0.389 e. The standard InChI is InChI=1S/C7H11N3O2S/c11-5-6-8-9-7(13-6)10-1-3-12-4-2-10/h11H,1-5H2. The van der Waals surface area contributed by atoms with Gasteiger partial charge in [-0.05, 0) is 0 Å². The van der Waals surface area contributed by atoms with Crippen molar-refractivity contribution in [2.24, 2.45) is 0 Å². The zero-order valence-corrected chi connectivity index (χ0v) is 7.96. The van der Waals surface area contributed by atoms with Gasteiger partial charge in [-0.1, -0.05) is 11.3 Å². The van der Waals surface area contributed by atoms with E-state index in [0.717, 1.165) is 31.4 Å². The molecule has 0 spiro atoms. The van der Waals surface area contributed by atoms with Crippen LogP contribution in [0.4, 0.5) is 5.13 Å². The fourth-order valence-electron chi connectivity index (χ4n) is 1.19. The first-order chi connectivity index (χ1) is 6.40. The van der Waals surface area contributed by atoms with Gasteiger partial charge in [0, 0.05) is 13.1 Å². The minimum absolute atomic E-state index is 0.0258. The molecule has 2 heterocycles. The Bertz CT molecular complexity index is 272. The van der Waals surface area contributed by atoms with Crippen LogP contribution in [0, 0.1) is 0 Å². The molecule has 1 saturated heterocycles. The molecular weight excluding hydrogens is 190 g/mol. The number of nitrogens with zero attached hydrogens (tertiary/aromatic N) is 3. The molecule has 0 bridgehead atoms. The average molecular weight is 201 g/mol. The zero-order chi connectivity index (χ0) is 9.10. The Morgan fingerprint density at radius 1 is 1.38 bits per heavy atom. The smallest absolute Gasteiger partial charge is 0.208 e. The lowest BCUT2D eigenvalue weighted by atomic mass is 10.5. The van der Waals surface area contributed by atoms with Gasteiger partial charge in [0.15, 0.2) is 0 Å². The molecule has 0 atom stereocenters. The van der Waals surface area contributed by atoms with Gasteiger partial charge in [-0.3, -0.25) is 0 Å². The van der Waals surface area contributed by atoms with Crippen molar-refractivity contribution in [2.75, 3.05) is 31.2 Å². The first kappa shape index (κ1) is 8.86. The van der Waals surface area contributed by atoms with Gasteiger partial charge in [0.2, 0.25) is 5.13 Å². The van der Waals surface area contributed by atoms with E-state index < -0.39 is 0 Å². The first-order valence-electron chi connectivity index (χ1n) is 4.16. The minimum Gasteiger partial charge on any atom is -0.389 e. The molecule has 6 heteroatoms. The quantitative estimate of drug-likeness (QED) is 0.722. The van der Waals surface area contributed by atoms with Crippen LogP contribution in [-0.4, -0.2) is 41.6 Å². The molecular formula is C7H11N3O2S. The summed E-state index contributed by atoms with van der Waals surface area (Å²) >= 11 is 1.44. The molecule has 0 aliphatic carbocycles. The molecule has 5 nitrogen and oxygen atoms in total. The summed E-state index contributed by atoms with van der Waals surface area (Å²) in [6.45, 7) is 3.18. The van der Waals surface area contributed by atoms with Gasteiger partial charge in [-0.15, -0.1) is 10.2 Å². The Morgan fingerprint density at radius 3 is 2.77 bits per heavy atom. The van der Waals surface area contributed by atoms with Crippen molar-refractivity contribution in [1.82, 2.24) is 10.2 Å². The second kappa shape index (κ2) is 3.99. The van der Waals surface area contributed by atoms with Crippen molar-refractivity contribution in [3.05, 3.63) is 5.01 Å². The number of hydrogen-bond acceptors (Lipinski definition) is 6. The monoisotopic (exact) mass is 201 g/mol. The maximum atomic E-state index is 8.81. The zero-order valence-electron chi connectivity index (χ0n) is 7.14. The molecule has 13 heavy (non-hydrogen) atoms. The number of hydrogen-bond donors (Lipinski definition) is 1. The maximum Gasteiger partial charge on any atom is 0.208 e. The van der Waals surface area contributed by atoms with Gasteiger partial charge in [-0.2, -0.15) is 0 Å². The summed E-state index contributed by atoms with van der Waals surface area (Å²) in [6.07, 6.45) is 0. The second-order valence-corrected chi connectivity index (χ2v) is 3.78. The highest BCUT2D eigenvalue weighted by Crippen LogP contribution is 2.20. The fraction of sp³-hybridized carbons (Fsp3) is 0.714. The van der Waals surface area contributed by atoms with Crippen LogP contribution in [0.2, 0.25) is 0 Å². The molecule has 0 amide bonds. The van der Waals surface area contributed by atoms with Crippen molar-refractivity contribution >= 4 is 16.5 Å². The molecule has 1 N–H and O–H groups in total. The Balaban J connectivity index is 2.05. The fourth-order valence-corrected chi connectivity index (χ4v) is 1.94. The van der Waals surface area contributed by atoms with Gasteiger partial charge in [-0.25, -0.2) is 0 Å². The molecule has 1 aromatic heterocycles. The van der Waals surface area contributed by atoms with E-state index in [0.29, 0.717) is 5.01 Å². The highest BCUT2D eigenvalue weighted by atomic mass is 32.1. The number of rotatable bonds is 2. The van der Waals surface area contributed by atoms with E-state index in [2.05, 4.69) is 15.1 Å². The van der Waals surface area contributed by atoms with Gasteiger partial charge in [0.25, 0.3) is 0 Å². The Hall–Kier alpha value is -0.720. The molecule has 0 unspecified atom stereocenters. The van der Waals surface area contributed by atoms with Crippen molar-refractivity contribution in [3.8, 4) is 0 Å². The lowest BCUT2D eigenvalue weighted by Crippen LogP contribution is -2.36. The molecule has 1 aromatic rings. The third-order valence-corrected chi connectivity index (χ3v) is 2.84. The number of aliphatic hydroxyl groups excluding tert-OH is 1. The minimum atomic E-state index is -0.0258. The Morgan fingerprint density at radius 2 is 2.15 bits per heavy atom. The SMILES string of the molecule is OCc1nnc(N2CCOCC2)s1. The number of aromatic nitrogens is 2. The summed E-state index contributed by atoms with van der Waals surface area (Å²) in [5.74, 6) is 0. The highest BCUT2D eigenvalue weighted by Gasteiger charge is 2.14. The molecule has 72 valence electrons. The predicted octanol–water partition coefficient (Wildman–Crippen LogP) is -0.133. The van der Waals surface area contributed by atoms with Crippen LogP contribution in [0.15, 0.2) is 0 Å². The number of morpholine rings is 1. The molecule has 1 aliphatic rings. The maximum absolute atomic E-state index is 8.81. The van der Waals surface area contributed by atoms with Crippen molar-refractivity contribution in [3.63, 3.8) is 0 Å². The molecule has 0 saturated carbocycles. The predicted molar refractivity (Wildman–Crippen MR) is 48.9 cm³/mol. The van der Waals surface area contributed by atoms with E-state index in [4.69, 9.17) is 9.84 Å². The topological polar surface area (TPSA) is 58.5 Å². The number of ether oxygens (including phenoxy) is 1.